The van der Waals surface area contributed by atoms with Crippen molar-refractivity contribution in [3.8, 4) is 0 Å². The van der Waals surface area contributed by atoms with Gasteiger partial charge in [0.2, 0.25) is 0 Å². The third-order valence-electron chi connectivity index (χ3n) is 3.35. The number of pyridine rings is 1. The van der Waals surface area contributed by atoms with E-state index in [1.807, 2.05) is 24.3 Å². The quantitative estimate of drug-likeness (QED) is 0.498. The Hall–Kier alpha value is -1.26. The standard InChI is InChI=1S/C17H12Br2FN/c18-14(12-6-8-16(20)15(19)9-12)10-13-7-5-11-3-1-2-4-17(11)21-13/h1-9,14H,10H2. The summed E-state index contributed by atoms with van der Waals surface area (Å²) < 4.78 is 13.8. The van der Waals surface area contributed by atoms with Gasteiger partial charge in [0.15, 0.2) is 0 Å². The van der Waals surface area contributed by atoms with Crippen LogP contribution in [0.4, 0.5) is 4.39 Å². The molecule has 1 nitrogen and oxygen atoms in total. The number of para-hydroxylation sites is 1. The Morgan fingerprint density at radius 1 is 1.05 bits per heavy atom. The number of aromatic nitrogens is 1. The molecule has 1 aromatic heterocycles. The predicted molar refractivity (Wildman–Crippen MR) is 91.2 cm³/mol. The largest absolute Gasteiger partial charge is 0.253 e. The smallest absolute Gasteiger partial charge is 0.137 e. The monoisotopic (exact) mass is 407 g/mol. The predicted octanol–water partition coefficient (Wildman–Crippen LogP) is 5.82. The zero-order valence-electron chi connectivity index (χ0n) is 11.1. The SMILES string of the molecule is Fc1ccc(C(Br)Cc2ccc3ccccc3n2)cc1Br. The van der Waals surface area contributed by atoms with Gasteiger partial charge in [-0.05, 0) is 45.8 Å². The summed E-state index contributed by atoms with van der Waals surface area (Å²) in [4.78, 5) is 4.76. The maximum Gasteiger partial charge on any atom is 0.137 e. The summed E-state index contributed by atoms with van der Waals surface area (Å²) in [6.07, 6.45) is 0.753. The molecule has 0 aliphatic rings. The van der Waals surface area contributed by atoms with Crippen molar-refractivity contribution in [3.05, 3.63) is 76.1 Å². The summed E-state index contributed by atoms with van der Waals surface area (Å²) in [6, 6.07) is 17.2. The van der Waals surface area contributed by atoms with E-state index in [1.54, 1.807) is 12.1 Å². The van der Waals surface area contributed by atoms with E-state index in [0.717, 1.165) is 28.6 Å². The Morgan fingerprint density at radius 3 is 2.67 bits per heavy atom. The molecule has 0 fully saturated rings. The summed E-state index contributed by atoms with van der Waals surface area (Å²) >= 11 is 6.88. The highest BCUT2D eigenvalue weighted by molar-refractivity contribution is 9.10. The molecule has 0 bridgehead atoms. The van der Waals surface area contributed by atoms with Crippen LogP contribution in [0.1, 0.15) is 16.1 Å². The molecule has 2 aromatic carbocycles. The van der Waals surface area contributed by atoms with Crippen molar-refractivity contribution in [2.24, 2.45) is 0 Å². The molecule has 0 radical (unpaired) electrons. The van der Waals surface area contributed by atoms with Crippen molar-refractivity contribution in [2.75, 3.05) is 0 Å². The van der Waals surface area contributed by atoms with Gasteiger partial charge in [-0.25, -0.2) is 4.39 Å². The molecule has 1 heterocycles. The number of hydrogen-bond acceptors (Lipinski definition) is 1. The highest BCUT2D eigenvalue weighted by atomic mass is 79.9. The molecule has 21 heavy (non-hydrogen) atoms. The first-order valence-corrected chi connectivity index (χ1v) is 8.28. The fraction of sp³-hybridized carbons (Fsp3) is 0.118. The minimum atomic E-state index is -0.248. The van der Waals surface area contributed by atoms with E-state index in [0.29, 0.717) is 4.47 Å². The first-order valence-electron chi connectivity index (χ1n) is 6.57. The Labute approximate surface area is 139 Å². The van der Waals surface area contributed by atoms with Crippen molar-refractivity contribution in [3.63, 3.8) is 0 Å². The number of alkyl halides is 1. The van der Waals surface area contributed by atoms with Crippen LogP contribution in [-0.2, 0) is 6.42 Å². The molecule has 4 heteroatoms. The molecule has 3 aromatic rings. The zero-order valence-corrected chi connectivity index (χ0v) is 14.2. The van der Waals surface area contributed by atoms with E-state index in [1.165, 1.54) is 6.07 Å². The summed E-state index contributed by atoms with van der Waals surface area (Å²) in [7, 11) is 0. The van der Waals surface area contributed by atoms with Crippen LogP contribution in [0.15, 0.2) is 59.1 Å². The number of benzene rings is 2. The summed E-state index contributed by atoms with van der Waals surface area (Å²) in [6.45, 7) is 0. The fourth-order valence-electron chi connectivity index (χ4n) is 2.23. The molecule has 0 saturated carbocycles. The van der Waals surface area contributed by atoms with Gasteiger partial charge >= 0.3 is 0 Å². The molecule has 0 aliphatic carbocycles. The Kier molecular flexibility index (Phi) is 4.36. The summed E-state index contributed by atoms with van der Waals surface area (Å²) in [5.41, 5.74) is 3.03. The summed E-state index contributed by atoms with van der Waals surface area (Å²) in [5, 5.41) is 1.14. The molecule has 0 N–H and O–H groups in total. The zero-order chi connectivity index (χ0) is 14.8. The van der Waals surface area contributed by atoms with E-state index in [9.17, 15) is 4.39 Å². The van der Waals surface area contributed by atoms with E-state index >= 15 is 0 Å². The van der Waals surface area contributed by atoms with Crippen LogP contribution in [0.3, 0.4) is 0 Å². The Balaban J connectivity index is 1.85. The van der Waals surface area contributed by atoms with Crippen LogP contribution in [0.5, 0.6) is 0 Å². The lowest BCUT2D eigenvalue weighted by Gasteiger charge is -2.11. The first kappa shape index (κ1) is 14.7. The number of halogens is 3. The van der Waals surface area contributed by atoms with Crippen LogP contribution in [0.2, 0.25) is 0 Å². The van der Waals surface area contributed by atoms with Gasteiger partial charge in [0.25, 0.3) is 0 Å². The average Bonchev–Trinajstić information content (AvgIpc) is 2.50. The van der Waals surface area contributed by atoms with Crippen LogP contribution >= 0.6 is 31.9 Å². The van der Waals surface area contributed by atoms with Crippen LogP contribution in [-0.4, -0.2) is 4.98 Å². The van der Waals surface area contributed by atoms with Gasteiger partial charge in [-0.1, -0.05) is 46.3 Å². The number of nitrogens with zero attached hydrogens (tertiary/aromatic N) is 1. The second-order valence-electron chi connectivity index (χ2n) is 4.84. The summed E-state index contributed by atoms with van der Waals surface area (Å²) in [5.74, 6) is -0.248. The van der Waals surface area contributed by atoms with Gasteiger partial charge < -0.3 is 0 Å². The highest BCUT2D eigenvalue weighted by Gasteiger charge is 2.11. The lowest BCUT2D eigenvalue weighted by Crippen LogP contribution is -1.98. The molecule has 0 amide bonds. The number of rotatable bonds is 3. The maximum absolute atomic E-state index is 13.3. The van der Waals surface area contributed by atoms with Crippen LogP contribution < -0.4 is 0 Å². The Bertz CT molecular complexity index is 789. The molecule has 1 atom stereocenters. The molecule has 0 spiro atoms. The second-order valence-corrected chi connectivity index (χ2v) is 6.80. The molecular formula is C17H12Br2FN. The Morgan fingerprint density at radius 2 is 1.86 bits per heavy atom. The minimum Gasteiger partial charge on any atom is -0.253 e. The normalized spacial score (nSPS) is 12.5. The van der Waals surface area contributed by atoms with E-state index < -0.39 is 0 Å². The van der Waals surface area contributed by atoms with Crippen molar-refractivity contribution in [2.45, 2.75) is 11.2 Å². The molecule has 0 aliphatic heterocycles. The van der Waals surface area contributed by atoms with Crippen molar-refractivity contribution in [1.82, 2.24) is 4.98 Å². The van der Waals surface area contributed by atoms with Crippen LogP contribution in [0, 0.1) is 5.82 Å². The van der Waals surface area contributed by atoms with Gasteiger partial charge in [-0.15, -0.1) is 0 Å². The highest BCUT2D eigenvalue weighted by Crippen LogP contribution is 2.30. The van der Waals surface area contributed by atoms with Gasteiger partial charge in [0.05, 0.1) is 9.99 Å². The van der Waals surface area contributed by atoms with E-state index in [4.69, 9.17) is 0 Å². The molecular weight excluding hydrogens is 397 g/mol. The van der Waals surface area contributed by atoms with Gasteiger partial charge in [0.1, 0.15) is 5.82 Å². The third-order valence-corrected chi connectivity index (χ3v) is 4.81. The van der Waals surface area contributed by atoms with Crippen molar-refractivity contribution < 1.29 is 4.39 Å². The fourth-order valence-corrected chi connectivity index (χ4v) is 3.24. The van der Waals surface area contributed by atoms with Gasteiger partial charge in [-0.2, -0.15) is 0 Å². The average molecular weight is 409 g/mol. The van der Waals surface area contributed by atoms with Crippen LogP contribution in [0.25, 0.3) is 10.9 Å². The van der Waals surface area contributed by atoms with Crippen molar-refractivity contribution >= 4 is 42.8 Å². The van der Waals surface area contributed by atoms with E-state index in [2.05, 4.69) is 49.0 Å². The number of hydrogen-bond donors (Lipinski definition) is 0. The molecule has 1 unspecified atom stereocenters. The maximum atomic E-state index is 13.3. The molecule has 3 rings (SSSR count). The first-order chi connectivity index (χ1) is 10.1. The van der Waals surface area contributed by atoms with E-state index in [-0.39, 0.29) is 10.6 Å². The number of fused-ring (bicyclic) bond motifs is 1. The lowest BCUT2D eigenvalue weighted by atomic mass is 10.1. The third kappa shape index (κ3) is 3.33. The second kappa shape index (κ2) is 6.24. The van der Waals surface area contributed by atoms with Gasteiger partial charge in [0, 0.05) is 22.3 Å². The molecule has 106 valence electrons. The molecule has 0 saturated heterocycles. The topological polar surface area (TPSA) is 12.9 Å². The lowest BCUT2D eigenvalue weighted by molar-refractivity contribution is 0.620. The minimum absolute atomic E-state index is 0.100. The van der Waals surface area contributed by atoms with Crippen molar-refractivity contribution in [1.29, 1.82) is 0 Å². The van der Waals surface area contributed by atoms with Gasteiger partial charge in [-0.3, -0.25) is 4.98 Å².